The van der Waals surface area contributed by atoms with E-state index >= 15 is 0 Å². The minimum Gasteiger partial charge on any atom is -0.494 e. The lowest BCUT2D eigenvalue weighted by Gasteiger charge is -2.14. The van der Waals surface area contributed by atoms with E-state index < -0.39 is 0 Å². The summed E-state index contributed by atoms with van der Waals surface area (Å²) in [4.78, 5) is 15.2. The van der Waals surface area contributed by atoms with E-state index in [1.165, 1.54) is 31.5 Å². The van der Waals surface area contributed by atoms with Crippen LogP contribution in [0.4, 0.5) is 0 Å². The van der Waals surface area contributed by atoms with Crippen LogP contribution in [0.1, 0.15) is 47.0 Å². The van der Waals surface area contributed by atoms with Crippen molar-refractivity contribution in [3.8, 4) is 5.75 Å². The van der Waals surface area contributed by atoms with E-state index in [1.54, 1.807) is 0 Å². The Labute approximate surface area is 171 Å². The zero-order valence-electron chi connectivity index (χ0n) is 17.2. The van der Waals surface area contributed by atoms with Crippen molar-refractivity contribution in [3.05, 3.63) is 64.9 Å². The summed E-state index contributed by atoms with van der Waals surface area (Å²) in [5.74, 6) is 0.946. The van der Waals surface area contributed by atoms with E-state index in [0.29, 0.717) is 24.5 Å². The molecular weight excluding hydrogens is 364 g/mol. The van der Waals surface area contributed by atoms with E-state index in [1.807, 2.05) is 32.0 Å². The maximum Gasteiger partial charge on any atom is 0.287 e. The maximum atomic E-state index is 12.7. The third-order valence-electron chi connectivity index (χ3n) is 5.51. The maximum absolute atomic E-state index is 12.7. The molecule has 1 amide bonds. The van der Waals surface area contributed by atoms with Gasteiger partial charge in [-0.3, -0.25) is 9.69 Å². The summed E-state index contributed by atoms with van der Waals surface area (Å²) < 4.78 is 11.4. The van der Waals surface area contributed by atoms with Gasteiger partial charge in [0.2, 0.25) is 0 Å². The number of rotatable bonds is 7. The molecule has 0 aliphatic carbocycles. The number of carbonyl (C=O) groups excluding carboxylic acids is 1. The standard InChI is InChI=1S/C24H28N2O3/c1-3-28-20-10-11-22-21(14-20)17(2)23(29-22)24(27)25-15-18-6-8-19(9-7-18)16-26-12-4-5-13-26/h6-11,14H,3-5,12-13,15-16H2,1-2H3,(H,25,27). The molecule has 0 atom stereocenters. The third-order valence-corrected chi connectivity index (χ3v) is 5.51. The molecule has 0 spiro atoms. The van der Waals surface area contributed by atoms with Gasteiger partial charge in [-0.2, -0.15) is 0 Å². The van der Waals surface area contributed by atoms with Crippen molar-refractivity contribution >= 4 is 16.9 Å². The van der Waals surface area contributed by atoms with Crippen LogP contribution in [0.25, 0.3) is 11.0 Å². The monoisotopic (exact) mass is 392 g/mol. The highest BCUT2D eigenvalue weighted by atomic mass is 16.5. The Morgan fingerprint density at radius 2 is 1.83 bits per heavy atom. The molecule has 1 aliphatic rings. The summed E-state index contributed by atoms with van der Waals surface area (Å²) >= 11 is 0. The molecule has 1 N–H and O–H groups in total. The van der Waals surface area contributed by atoms with E-state index in [4.69, 9.17) is 9.15 Å². The molecule has 4 rings (SSSR count). The molecule has 152 valence electrons. The van der Waals surface area contributed by atoms with Crippen molar-refractivity contribution in [2.45, 2.75) is 39.8 Å². The number of likely N-dealkylation sites (tertiary alicyclic amines) is 1. The van der Waals surface area contributed by atoms with Crippen LogP contribution in [0.5, 0.6) is 5.75 Å². The van der Waals surface area contributed by atoms with Gasteiger partial charge < -0.3 is 14.5 Å². The first-order chi connectivity index (χ1) is 14.1. The second kappa shape index (κ2) is 8.70. The van der Waals surface area contributed by atoms with Crippen LogP contribution in [0.15, 0.2) is 46.9 Å². The fraction of sp³-hybridized carbons (Fsp3) is 0.375. The Kier molecular flexibility index (Phi) is 5.86. The summed E-state index contributed by atoms with van der Waals surface area (Å²) in [6.07, 6.45) is 2.61. The molecule has 5 nitrogen and oxygen atoms in total. The van der Waals surface area contributed by atoms with Crippen LogP contribution in [0, 0.1) is 6.92 Å². The van der Waals surface area contributed by atoms with Crippen molar-refractivity contribution in [3.63, 3.8) is 0 Å². The highest BCUT2D eigenvalue weighted by Gasteiger charge is 2.18. The molecule has 5 heteroatoms. The van der Waals surface area contributed by atoms with Crippen LogP contribution in [-0.2, 0) is 13.1 Å². The van der Waals surface area contributed by atoms with Crippen LogP contribution < -0.4 is 10.1 Å². The molecule has 3 aromatic rings. The van der Waals surface area contributed by atoms with Crippen molar-refractivity contribution in [2.24, 2.45) is 0 Å². The number of carbonyl (C=O) groups is 1. The number of hydrogen-bond donors (Lipinski definition) is 1. The Morgan fingerprint density at radius 1 is 1.10 bits per heavy atom. The molecule has 0 saturated carbocycles. The van der Waals surface area contributed by atoms with Gasteiger partial charge in [0.05, 0.1) is 6.61 Å². The smallest absolute Gasteiger partial charge is 0.287 e. The highest BCUT2D eigenvalue weighted by molar-refractivity contribution is 5.99. The van der Waals surface area contributed by atoms with E-state index in [-0.39, 0.29) is 5.91 Å². The van der Waals surface area contributed by atoms with Crippen molar-refractivity contribution in [1.82, 2.24) is 10.2 Å². The van der Waals surface area contributed by atoms with E-state index in [9.17, 15) is 4.79 Å². The molecule has 0 bridgehead atoms. The predicted octanol–water partition coefficient (Wildman–Crippen LogP) is 4.67. The molecule has 0 unspecified atom stereocenters. The molecular formula is C24H28N2O3. The van der Waals surface area contributed by atoms with Gasteiger partial charge in [-0.15, -0.1) is 0 Å². The lowest BCUT2D eigenvalue weighted by molar-refractivity contribution is 0.0924. The fourth-order valence-electron chi connectivity index (χ4n) is 3.90. The average molecular weight is 392 g/mol. The van der Waals surface area contributed by atoms with Gasteiger partial charge >= 0.3 is 0 Å². The Hall–Kier alpha value is -2.79. The first-order valence-corrected chi connectivity index (χ1v) is 10.4. The molecule has 1 aliphatic heterocycles. The second-order valence-corrected chi connectivity index (χ2v) is 7.63. The number of aryl methyl sites for hydroxylation is 1. The number of nitrogens with one attached hydrogen (secondary N) is 1. The number of hydrogen-bond acceptors (Lipinski definition) is 4. The minimum absolute atomic E-state index is 0.196. The predicted molar refractivity (Wildman–Crippen MR) is 114 cm³/mol. The SMILES string of the molecule is CCOc1ccc2oc(C(=O)NCc3ccc(CN4CCCC4)cc3)c(C)c2c1. The first kappa shape index (κ1) is 19.5. The zero-order valence-corrected chi connectivity index (χ0v) is 17.2. The van der Waals surface area contributed by atoms with Crippen molar-refractivity contribution < 1.29 is 13.9 Å². The van der Waals surface area contributed by atoms with Gasteiger partial charge in [-0.1, -0.05) is 24.3 Å². The molecule has 2 aromatic carbocycles. The molecule has 2 heterocycles. The summed E-state index contributed by atoms with van der Waals surface area (Å²) in [5.41, 5.74) is 3.93. The molecule has 1 fully saturated rings. The molecule has 29 heavy (non-hydrogen) atoms. The molecule has 0 radical (unpaired) electrons. The third kappa shape index (κ3) is 4.46. The first-order valence-electron chi connectivity index (χ1n) is 10.4. The number of furan rings is 1. The lowest BCUT2D eigenvalue weighted by Crippen LogP contribution is -2.23. The summed E-state index contributed by atoms with van der Waals surface area (Å²) in [6, 6.07) is 14.1. The number of ether oxygens (including phenoxy) is 1. The number of fused-ring (bicyclic) bond motifs is 1. The zero-order chi connectivity index (χ0) is 20.2. The molecule has 1 saturated heterocycles. The lowest BCUT2D eigenvalue weighted by atomic mass is 10.1. The van der Waals surface area contributed by atoms with Gasteiger partial charge in [0.15, 0.2) is 5.76 Å². The second-order valence-electron chi connectivity index (χ2n) is 7.63. The van der Waals surface area contributed by atoms with Crippen molar-refractivity contribution in [1.29, 1.82) is 0 Å². The number of nitrogens with zero attached hydrogens (tertiary/aromatic N) is 1. The van der Waals surface area contributed by atoms with Crippen molar-refractivity contribution in [2.75, 3.05) is 19.7 Å². The molecule has 1 aromatic heterocycles. The van der Waals surface area contributed by atoms with E-state index in [0.717, 1.165) is 28.8 Å². The van der Waals surface area contributed by atoms with Crippen LogP contribution in [0.2, 0.25) is 0 Å². The fourth-order valence-corrected chi connectivity index (χ4v) is 3.90. The normalized spacial score (nSPS) is 14.4. The average Bonchev–Trinajstić information content (AvgIpc) is 3.36. The van der Waals surface area contributed by atoms with E-state index in [2.05, 4.69) is 34.5 Å². The quantitative estimate of drug-likeness (QED) is 0.635. The summed E-state index contributed by atoms with van der Waals surface area (Å²) in [5, 5.41) is 3.88. The van der Waals surface area contributed by atoms with Gasteiger partial charge in [-0.05, 0) is 69.1 Å². The van der Waals surface area contributed by atoms with Crippen LogP contribution in [-0.4, -0.2) is 30.5 Å². The highest BCUT2D eigenvalue weighted by Crippen LogP contribution is 2.29. The summed E-state index contributed by atoms with van der Waals surface area (Å²) in [6.45, 7) is 8.33. The topological polar surface area (TPSA) is 54.7 Å². The summed E-state index contributed by atoms with van der Waals surface area (Å²) in [7, 11) is 0. The number of amides is 1. The van der Waals surface area contributed by atoms with Gasteiger partial charge in [0.1, 0.15) is 11.3 Å². The largest absolute Gasteiger partial charge is 0.494 e. The van der Waals surface area contributed by atoms with Gasteiger partial charge in [0, 0.05) is 24.0 Å². The Balaban J connectivity index is 1.39. The van der Waals surface area contributed by atoms with Crippen LogP contribution >= 0.6 is 0 Å². The van der Waals surface area contributed by atoms with Crippen LogP contribution in [0.3, 0.4) is 0 Å². The van der Waals surface area contributed by atoms with Gasteiger partial charge in [0.25, 0.3) is 5.91 Å². The Bertz CT molecular complexity index is 985. The number of benzene rings is 2. The Morgan fingerprint density at radius 3 is 2.55 bits per heavy atom. The van der Waals surface area contributed by atoms with Gasteiger partial charge in [-0.25, -0.2) is 0 Å². The minimum atomic E-state index is -0.196.